The van der Waals surface area contributed by atoms with Crippen LogP contribution < -0.4 is 10.1 Å². The number of anilines is 1. The zero-order chi connectivity index (χ0) is 31.8. The second kappa shape index (κ2) is 12.6. The number of nitrogens with one attached hydrogen (secondary N) is 1. The number of ether oxygens (including phenoxy) is 1. The Morgan fingerprint density at radius 2 is 1.61 bits per heavy atom. The molecule has 0 radical (unpaired) electrons. The number of rotatable bonds is 7. The molecule has 1 aliphatic heterocycles. The Morgan fingerprint density at radius 3 is 2.34 bits per heavy atom. The first-order valence-electron chi connectivity index (χ1n) is 12.9. The highest BCUT2D eigenvalue weighted by Crippen LogP contribution is 2.36. The van der Waals surface area contributed by atoms with E-state index in [0.717, 1.165) is 12.1 Å². The fourth-order valence-electron chi connectivity index (χ4n) is 4.76. The molecule has 4 aromatic rings. The van der Waals surface area contributed by atoms with Gasteiger partial charge in [0.1, 0.15) is 17.3 Å². The Labute approximate surface area is 265 Å². The Bertz CT molecular complexity index is 1870. The van der Waals surface area contributed by atoms with Crippen LogP contribution in [0.4, 0.5) is 23.2 Å². The molecule has 4 aromatic carbocycles. The molecule has 5 rings (SSSR count). The van der Waals surface area contributed by atoms with Crippen molar-refractivity contribution in [2.45, 2.75) is 30.5 Å². The molecule has 230 valence electrons. The van der Waals surface area contributed by atoms with Crippen LogP contribution in [-0.4, -0.2) is 25.2 Å². The minimum absolute atomic E-state index is 0.0101. The van der Waals surface area contributed by atoms with Crippen LogP contribution in [0, 0.1) is 5.82 Å². The van der Waals surface area contributed by atoms with Crippen LogP contribution in [0.25, 0.3) is 0 Å². The molecule has 1 aliphatic rings. The molecule has 0 bridgehead atoms. The largest absolute Gasteiger partial charge is 0.457 e. The average molecular weight is 688 g/mol. The molecular formula is C30H21Cl3F4N2O4S. The summed E-state index contributed by atoms with van der Waals surface area (Å²) in [5, 5.41) is 3.34. The molecule has 0 fully saturated rings. The maximum absolute atomic E-state index is 14.5. The first-order chi connectivity index (χ1) is 20.7. The van der Waals surface area contributed by atoms with Crippen LogP contribution in [0.3, 0.4) is 0 Å². The van der Waals surface area contributed by atoms with Crippen molar-refractivity contribution in [2.75, 3.05) is 11.9 Å². The van der Waals surface area contributed by atoms with Gasteiger partial charge in [0.15, 0.2) is 0 Å². The van der Waals surface area contributed by atoms with E-state index in [1.807, 2.05) is 0 Å². The summed E-state index contributed by atoms with van der Waals surface area (Å²) in [5.74, 6) is -1.69. The van der Waals surface area contributed by atoms with Crippen LogP contribution in [-0.2, 0) is 40.4 Å². The summed E-state index contributed by atoms with van der Waals surface area (Å²) in [7, 11) is -3.99. The van der Waals surface area contributed by atoms with Crippen LogP contribution in [0.15, 0.2) is 77.7 Å². The van der Waals surface area contributed by atoms with Gasteiger partial charge >= 0.3 is 6.18 Å². The van der Waals surface area contributed by atoms with E-state index in [2.05, 4.69) is 5.32 Å². The number of hydrogen-bond donors (Lipinski definition) is 1. The van der Waals surface area contributed by atoms with Crippen LogP contribution >= 0.6 is 34.8 Å². The van der Waals surface area contributed by atoms with E-state index in [1.165, 1.54) is 34.6 Å². The van der Waals surface area contributed by atoms with Gasteiger partial charge in [0.05, 0.1) is 37.6 Å². The number of amides is 1. The molecule has 1 N–H and O–H groups in total. The van der Waals surface area contributed by atoms with Gasteiger partial charge < -0.3 is 10.1 Å². The Balaban J connectivity index is 1.33. The van der Waals surface area contributed by atoms with E-state index in [0.29, 0.717) is 28.0 Å². The van der Waals surface area contributed by atoms with E-state index in [4.69, 9.17) is 39.5 Å². The summed E-state index contributed by atoms with van der Waals surface area (Å²) < 4.78 is 88.0. The summed E-state index contributed by atoms with van der Waals surface area (Å²) in [6, 6.07) is 16.4. The zero-order valence-electron chi connectivity index (χ0n) is 22.4. The third-order valence-electron chi connectivity index (χ3n) is 6.89. The van der Waals surface area contributed by atoms with Crippen molar-refractivity contribution >= 4 is 56.4 Å². The first kappa shape index (κ1) is 32.1. The molecule has 1 amide bonds. The lowest BCUT2D eigenvalue weighted by molar-refractivity contribution is -0.140. The van der Waals surface area contributed by atoms with Crippen molar-refractivity contribution in [3.63, 3.8) is 0 Å². The predicted molar refractivity (Wildman–Crippen MR) is 159 cm³/mol. The average Bonchev–Trinajstić information content (AvgIpc) is 2.97. The van der Waals surface area contributed by atoms with Crippen molar-refractivity contribution in [3.05, 3.63) is 116 Å². The first-order valence-corrected chi connectivity index (χ1v) is 15.5. The summed E-state index contributed by atoms with van der Waals surface area (Å²) >= 11 is 18.3. The number of nitrogens with zero attached hydrogens (tertiary/aromatic N) is 1. The van der Waals surface area contributed by atoms with Gasteiger partial charge in [-0.05, 0) is 59.5 Å². The van der Waals surface area contributed by atoms with Crippen LogP contribution in [0.5, 0.6) is 11.5 Å². The third-order valence-corrected chi connectivity index (χ3v) is 9.78. The fourth-order valence-corrected chi connectivity index (χ4v) is 6.72. The quantitative estimate of drug-likeness (QED) is 0.198. The normalized spacial score (nSPS) is 13.8. The monoisotopic (exact) mass is 686 g/mol. The summed E-state index contributed by atoms with van der Waals surface area (Å²) in [4.78, 5) is 12.8. The highest BCUT2D eigenvalue weighted by atomic mass is 35.5. The molecule has 1 heterocycles. The number of halogens is 7. The number of carbonyl (C=O) groups is 1. The van der Waals surface area contributed by atoms with Gasteiger partial charge in [-0.3, -0.25) is 4.79 Å². The van der Waals surface area contributed by atoms with E-state index < -0.39 is 45.5 Å². The maximum atomic E-state index is 14.5. The molecule has 44 heavy (non-hydrogen) atoms. The lowest BCUT2D eigenvalue weighted by atomic mass is 9.98. The molecule has 14 heteroatoms. The van der Waals surface area contributed by atoms with Crippen LogP contribution in [0.2, 0.25) is 15.1 Å². The summed E-state index contributed by atoms with van der Waals surface area (Å²) in [6.45, 7) is -0.00345. The predicted octanol–water partition coefficient (Wildman–Crippen LogP) is 8.53. The van der Waals surface area contributed by atoms with Gasteiger partial charge in [0.2, 0.25) is 15.9 Å². The standard InChI is InChI=1S/C30H21Cl3F4N2O4S/c31-24-10-8-20(15-26(24)33)43-19-4-2-5-21(14-19)44(41,42)39-12-11-22-18(16-39)7-9-25(32)29(22)38-27(40)13-17-3-1-6-23(28(17)34)30(35,36)37/h1-10,14-15H,11-13,16H2,(H,38,40). The van der Waals surface area contributed by atoms with Gasteiger partial charge in [-0.15, -0.1) is 0 Å². The molecular weight excluding hydrogens is 667 g/mol. The SMILES string of the molecule is O=C(Cc1cccc(C(F)(F)F)c1F)Nc1c(Cl)ccc2c1CCN(S(=O)(=O)c1cccc(Oc3ccc(Cl)c(Cl)c3)c1)C2. The van der Waals surface area contributed by atoms with Crippen LogP contribution in [0.1, 0.15) is 22.3 Å². The Hall–Kier alpha value is -3.35. The second-order valence-corrected chi connectivity index (χ2v) is 13.0. The minimum atomic E-state index is -4.91. The number of sulfonamides is 1. The molecule has 6 nitrogen and oxygen atoms in total. The highest BCUT2D eigenvalue weighted by molar-refractivity contribution is 7.89. The smallest absolute Gasteiger partial charge is 0.419 e. The number of alkyl halides is 3. The van der Waals surface area contributed by atoms with E-state index in [9.17, 15) is 30.8 Å². The Morgan fingerprint density at radius 1 is 0.909 bits per heavy atom. The minimum Gasteiger partial charge on any atom is -0.457 e. The fraction of sp³-hybridized carbons (Fsp3) is 0.167. The second-order valence-electron chi connectivity index (χ2n) is 9.80. The molecule has 0 saturated heterocycles. The van der Waals surface area contributed by atoms with Crippen molar-refractivity contribution in [3.8, 4) is 11.5 Å². The molecule has 0 unspecified atom stereocenters. The van der Waals surface area contributed by atoms with Gasteiger partial charge in [0.25, 0.3) is 0 Å². The van der Waals surface area contributed by atoms with Gasteiger partial charge in [-0.25, -0.2) is 12.8 Å². The van der Waals surface area contributed by atoms with E-state index >= 15 is 0 Å². The number of hydrogen-bond acceptors (Lipinski definition) is 4. The summed E-state index contributed by atoms with van der Waals surface area (Å²) in [6.07, 6.45) is -5.41. The van der Waals surface area contributed by atoms with Gasteiger partial charge in [-0.2, -0.15) is 17.5 Å². The van der Waals surface area contributed by atoms with Gasteiger partial charge in [-0.1, -0.05) is 59.1 Å². The molecule has 0 spiro atoms. The van der Waals surface area contributed by atoms with Crippen molar-refractivity contribution in [1.29, 1.82) is 0 Å². The summed E-state index contributed by atoms with van der Waals surface area (Å²) in [5.41, 5.74) is -0.575. The van der Waals surface area contributed by atoms with Crippen molar-refractivity contribution in [1.82, 2.24) is 4.31 Å². The van der Waals surface area contributed by atoms with Crippen molar-refractivity contribution in [2.24, 2.45) is 0 Å². The molecule has 0 atom stereocenters. The maximum Gasteiger partial charge on any atom is 0.419 e. The number of carbonyl (C=O) groups excluding carboxylic acids is 1. The third kappa shape index (κ3) is 6.82. The number of fused-ring (bicyclic) bond motifs is 1. The molecule has 0 saturated carbocycles. The topological polar surface area (TPSA) is 75.7 Å². The molecule has 0 aliphatic carbocycles. The zero-order valence-corrected chi connectivity index (χ0v) is 25.5. The van der Waals surface area contributed by atoms with E-state index in [1.54, 1.807) is 24.3 Å². The Kier molecular flexibility index (Phi) is 9.16. The lowest BCUT2D eigenvalue weighted by Crippen LogP contribution is -2.36. The van der Waals surface area contributed by atoms with Gasteiger partial charge in [0, 0.05) is 25.2 Å². The lowest BCUT2D eigenvalue weighted by Gasteiger charge is -2.30. The van der Waals surface area contributed by atoms with Crippen molar-refractivity contribution < 1.29 is 35.5 Å². The molecule has 0 aromatic heterocycles. The highest BCUT2D eigenvalue weighted by Gasteiger charge is 2.35. The number of benzene rings is 4. The van der Waals surface area contributed by atoms with E-state index in [-0.39, 0.29) is 45.9 Å².